The van der Waals surface area contributed by atoms with Gasteiger partial charge in [0.1, 0.15) is 5.82 Å². The fraction of sp³-hybridized carbons (Fsp3) is 0.333. The third kappa shape index (κ3) is 4.10. The number of hydrogen-bond donors (Lipinski definition) is 0. The summed E-state index contributed by atoms with van der Waals surface area (Å²) in [5.74, 6) is 0.835. The number of benzene rings is 1. The van der Waals surface area contributed by atoms with Gasteiger partial charge < -0.3 is 4.90 Å². The number of fused-ring (bicyclic) bond motifs is 2. The summed E-state index contributed by atoms with van der Waals surface area (Å²) in [6.07, 6.45) is 10.9. The Kier molecular flexibility index (Phi) is 6.10. The zero-order valence-electron chi connectivity index (χ0n) is 21.3. The molecule has 8 nitrogen and oxygen atoms in total. The lowest BCUT2D eigenvalue weighted by Gasteiger charge is -2.30. The van der Waals surface area contributed by atoms with Crippen LogP contribution in [0, 0.1) is 5.92 Å². The monoisotopic (exact) mass is 506 g/mol. The van der Waals surface area contributed by atoms with Gasteiger partial charge >= 0.3 is 0 Å². The second-order valence-corrected chi connectivity index (χ2v) is 10.4. The van der Waals surface area contributed by atoms with Gasteiger partial charge in [-0.15, -0.1) is 0 Å². The summed E-state index contributed by atoms with van der Waals surface area (Å²) in [5, 5.41) is 0. The molecule has 3 aromatic rings. The Morgan fingerprint density at radius 3 is 2.76 bits per heavy atom. The first kappa shape index (κ1) is 24.2. The number of piperidine rings is 1. The van der Waals surface area contributed by atoms with Crippen LogP contribution in [0.15, 0.2) is 47.0 Å². The molecule has 3 heterocycles. The average Bonchev–Trinajstić information content (AvgIpc) is 3.60. The topological polar surface area (TPSA) is 92.8 Å². The Bertz CT molecular complexity index is 1530. The number of likely N-dealkylation sites (tertiary alicyclic amines) is 1. The Labute approximate surface area is 221 Å². The van der Waals surface area contributed by atoms with E-state index in [4.69, 9.17) is 9.97 Å². The van der Waals surface area contributed by atoms with E-state index in [-0.39, 0.29) is 23.4 Å². The van der Waals surface area contributed by atoms with Gasteiger partial charge in [0.15, 0.2) is 0 Å². The van der Waals surface area contributed by atoms with Crippen LogP contribution >= 0.6 is 0 Å². The summed E-state index contributed by atoms with van der Waals surface area (Å²) in [6, 6.07) is 7.42. The fourth-order valence-electron chi connectivity index (χ4n) is 5.86. The first-order valence-corrected chi connectivity index (χ1v) is 13.1. The van der Waals surface area contributed by atoms with Crippen molar-refractivity contribution in [2.75, 3.05) is 13.1 Å². The van der Waals surface area contributed by atoms with Gasteiger partial charge in [-0.1, -0.05) is 25.5 Å². The molecule has 0 bridgehead atoms. The summed E-state index contributed by atoms with van der Waals surface area (Å²) in [5.41, 5.74) is 5.00. The summed E-state index contributed by atoms with van der Waals surface area (Å²) >= 11 is 0. The number of amides is 2. The van der Waals surface area contributed by atoms with Crippen molar-refractivity contribution < 1.29 is 9.59 Å². The van der Waals surface area contributed by atoms with Crippen molar-refractivity contribution in [1.29, 1.82) is 0 Å². The molecule has 1 saturated heterocycles. The SMILES string of the molecule is C=Cn1c(C2=Cc3cccnc3C2CC2CC2)nc2cc(C(=O)N3CCC[C@@H](N=C)C3)cc(C(=O)N=C)c21. The van der Waals surface area contributed by atoms with Gasteiger partial charge in [-0.25, -0.2) is 9.98 Å². The van der Waals surface area contributed by atoms with E-state index in [2.05, 4.69) is 42.1 Å². The smallest absolute Gasteiger partial charge is 0.278 e. The van der Waals surface area contributed by atoms with Crippen LogP contribution < -0.4 is 0 Å². The van der Waals surface area contributed by atoms with E-state index in [1.165, 1.54) is 12.8 Å². The number of imidazole rings is 1. The van der Waals surface area contributed by atoms with Crippen molar-refractivity contribution in [3.63, 3.8) is 0 Å². The Balaban J connectivity index is 1.48. The number of aromatic nitrogens is 3. The highest BCUT2D eigenvalue weighted by Crippen LogP contribution is 2.49. The van der Waals surface area contributed by atoms with Crippen molar-refractivity contribution in [2.24, 2.45) is 15.9 Å². The molecule has 1 aliphatic heterocycles. The maximum Gasteiger partial charge on any atom is 0.278 e. The van der Waals surface area contributed by atoms with E-state index in [1.54, 1.807) is 23.2 Å². The van der Waals surface area contributed by atoms with Crippen molar-refractivity contribution in [1.82, 2.24) is 19.4 Å². The quantitative estimate of drug-likeness (QED) is 0.416. The van der Waals surface area contributed by atoms with Crippen LogP contribution in [-0.2, 0) is 0 Å². The van der Waals surface area contributed by atoms with E-state index >= 15 is 0 Å². The largest absolute Gasteiger partial charge is 0.337 e. The van der Waals surface area contributed by atoms with Crippen molar-refractivity contribution in [2.45, 2.75) is 44.1 Å². The van der Waals surface area contributed by atoms with Crippen LogP contribution in [0.1, 0.15) is 75.8 Å². The fourth-order valence-corrected chi connectivity index (χ4v) is 5.86. The molecule has 2 aromatic heterocycles. The molecule has 8 heteroatoms. The van der Waals surface area contributed by atoms with Gasteiger partial charge in [0.05, 0.1) is 28.3 Å². The molecule has 0 radical (unpaired) electrons. The maximum absolute atomic E-state index is 13.5. The molecular formula is C30H30N6O2. The first-order valence-electron chi connectivity index (χ1n) is 13.1. The van der Waals surface area contributed by atoms with Crippen LogP contribution in [-0.4, -0.2) is 63.8 Å². The minimum absolute atomic E-state index is 0.0203. The summed E-state index contributed by atoms with van der Waals surface area (Å²) in [6.45, 7) is 12.3. The lowest BCUT2D eigenvalue weighted by Crippen LogP contribution is -2.41. The molecule has 1 saturated carbocycles. The molecule has 3 aliphatic rings. The summed E-state index contributed by atoms with van der Waals surface area (Å²) in [4.78, 5) is 45.9. The van der Waals surface area contributed by atoms with Crippen LogP contribution in [0.4, 0.5) is 0 Å². The van der Waals surface area contributed by atoms with Crippen LogP contribution in [0.2, 0.25) is 0 Å². The molecule has 192 valence electrons. The normalized spacial score (nSPS) is 20.6. The molecule has 1 unspecified atom stereocenters. The number of carbonyl (C=O) groups excluding carboxylic acids is 2. The highest BCUT2D eigenvalue weighted by Gasteiger charge is 2.36. The molecular weight excluding hydrogens is 476 g/mol. The number of nitrogens with zero attached hydrogens (tertiary/aromatic N) is 6. The molecule has 2 atom stereocenters. The third-order valence-electron chi connectivity index (χ3n) is 7.94. The van der Waals surface area contributed by atoms with Crippen molar-refractivity contribution in [3.05, 3.63) is 65.2 Å². The standard InChI is InChI=1S/C30H30N6O2/c1-4-36-27-24(29(37)32-3)15-20(30(38)35-12-6-8-21(17-35)31-2)16-25(27)34-28(36)23-14-19-7-5-11-33-26(19)22(23)13-18-9-10-18/h4-5,7,11,14-16,18,21-22H,1-3,6,8-10,12-13,17H2/t21-,22?/m1/s1. The zero-order valence-corrected chi connectivity index (χ0v) is 21.3. The molecule has 0 spiro atoms. The summed E-state index contributed by atoms with van der Waals surface area (Å²) in [7, 11) is 0. The Hall–Kier alpha value is -4.20. The number of carbonyl (C=O) groups is 2. The molecule has 2 fully saturated rings. The van der Waals surface area contributed by atoms with Gasteiger partial charge in [-0.3, -0.25) is 24.1 Å². The predicted molar refractivity (Wildman–Crippen MR) is 151 cm³/mol. The van der Waals surface area contributed by atoms with Gasteiger partial charge in [0.2, 0.25) is 0 Å². The zero-order chi connectivity index (χ0) is 26.4. The molecule has 2 amide bonds. The van der Waals surface area contributed by atoms with E-state index in [1.807, 2.05) is 16.8 Å². The van der Waals surface area contributed by atoms with Gasteiger partial charge in [-0.05, 0) is 68.5 Å². The van der Waals surface area contributed by atoms with Gasteiger partial charge in [0.25, 0.3) is 11.8 Å². The van der Waals surface area contributed by atoms with E-state index in [0.29, 0.717) is 41.4 Å². The lowest BCUT2D eigenvalue weighted by molar-refractivity contribution is 0.0710. The van der Waals surface area contributed by atoms with E-state index < -0.39 is 5.91 Å². The van der Waals surface area contributed by atoms with Crippen LogP contribution in [0.3, 0.4) is 0 Å². The second-order valence-electron chi connectivity index (χ2n) is 10.4. The number of pyridine rings is 1. The van der Waals surface area contributed by atoms with Gasteiger partial charge in [-0.2, -0.15) is 0 Å². The number of allylic oxidation sites excluding steroid dienone is 1. The highest BCUT2D eigenvalue weighted by atomic mass is 16.2. The molecule has 2 aliphatic carbocycles. The molecule has 6 rings (SSSR count). The minimum Gasteiger partial charge on any atom is -0.337 e. The number of hydrogen-bond acceptors (Lipinski definition) is 5. The maximum atomic E-state index is 13.5. The molecule has 1 aromatic carbocycles. The first-order chi connectivity index (χ1) is 18.5. The second kappa shape index (κ2) is 9.59. The number of rotatable bonds is 7. The Morgan fingerprint density at radius 2 is 2.03 bits per heavy atom. The summed E-state index contributed by atoms with van der Waals surface area (Å²) < 4.78 is 1.85. The highest BCUT2D eigenvalue weighted by molar-refractivity contribution is 6.11. The van der Waals surface area contributed by atoms with Crippen molar-refractivity contribution >= 4 is 54.1 Å². The molecule has 0 N–H and O–H groups in total. The van der Waals surface area contributed by atoms with Crippen LogP contribution in [0.25, 0.3) is 28.9 Å². The van der Waals surface area contributed by atoms with Gasteiger partial charge in [0, 0.05) is 42.5 Å². The van der Waals surface area contributed by atoms with E-state index in [9.17, 15) is 9.59 Å². The minimum atomic E-state index is -0.511. The van der Waals surface area contributed by atoms with E-state index in [0.717, 1.165) is 36.1 Å². The third-order valence-corrected chi connectivity index (χ3v) is 7.94. The lowest BCUT2D eigenvalue weighted by atomic mass is 9.93. The van der Waals surface area contributed by atoms with Crippen LogP contribution in [0.5, 0.6) is 0 Å². The Morgan fingerprint density at radius 1 is 1.18 bits per heavy atom. The number of aliphatic imine (C=N–C) groups is 2. The van der Waals surface area contributed by atoms with Crippen molar-refractivity contribution in [3.8, 4) is 0 Å². The molecule has 38 heavy (non-hydrogen) atoms. The average molecular weight is 507 g/mol. The predicted octanol–water partition coefficient (Wildman–Crippen LogP) is 5.12.